The van der Waals surface area contributed by atoms with Gasteiger partial charge in [0.1, 0.15) is 0 Å². The first-order chi connectivity index (χ1) is 7.27. The van der Waals surface area contributed by atoms with Crippen molar-refractivity contribution in [2.24, 2.45) is 0 Å². The predicted octanol–water partition coefficient (Wildman–Crippen LogP) is 4.35. The molecule has 0 N–H and O–H groups in total. The Labute approximate surface area is 108 Å². The van der Waals surface area contributed by atoms with E-state index in [0.717, 1.165) is 29.4 Å². The summed E-state index contributed by atoms with van der Waals surface area (Å²) in [5.41, 5.74) is 1.37. The molecule has 15 heavy (non-hydrogen) atoms. The lowest BCUT2D eigenvalue weighted by molar-refractivity contribution is 0.141. The Kier molecular flexibility index (Phi) is 6.53. The summed E-state index contributed by atoms with van der Waals surface area (Å²) in [6, 6.07) is 8.52. The van der Waals surface area contributed by atoms with Gasteiger partial charge in [-0.25, -0.2) is 0 Å². The van der Waals surface area contributed by atoms with Gasteiger partial charge in [-0.1, -0.05) is 44.0 Å². The molecule has 0 aliphatic carbocycles. The second kappa shape index (κ2) is 7.42. The fourth-order valence-corrected chi connectivity index (χ4v) is 2.40. The number of rotatable bonds is 6. The minimum atomic E-state index is 0.546. The van der Waals surface area contributed by atoms with Crippen molar-refractivity contribution in [3.05, 3.63) is 34.3 Å². The molecule has 3 heteroatoms. The fourth-order valence-electron chi connectivity index (χ4n) is 1.44. The lowest BCUT2D eigenvalue weighted by Gasteiger charge is -2.14. The lowest BCUT2D eigenvalue weighted by Crippen LogP contribution is -2.05. The third-order valence-corrected chi connectivity index (χ3v) is 3.65. The summed E-state index contributed by atoms with van der Waals surface area (Å²) in [4.78, 5) is 0. The van der Waals surface area contributed by atoms with Crippen molar-refractivity contribution in [2.75, 3.05) is 18.5 Å². The highest BCUT2D eigenvalue weighted by atomic mass is 79.9. The molecule has 1 aromatic carbocycles. The lowest BCUT2D eigenvalue weighted by atomic mass is 9.98. The van der Waals surface area contributed by atoms with Crippen molar-refractivity contribution in [1.82, 2.24) is 0 Å². The van der Waals surface area contributed by atoms with Crippen LogP contribution in [0.25, 0.3) is 0 Å². The van der Waals surface area contributed by atoms with Gasteiger partial charge in [0, 0.05) is 23.0 Å². The minimum Gasteiger partial charge on any atom is -0.382 e. The van der Waals surface area contributed by atoms with E-state index in [1.807, 2.05) is 6.92 Å². The summed E-state index contributed by atoms with van der Waals surface area (Å²) in [5, 5.41) is 0.988. The van der Waals surface area contributed by atoms with Crippen LogP contribution in [0.5, 0.6) is 0 Å². The Morgan fingerprint density at radius 1 is 1.27 bits per heavy atom. The first kappa shape index (κ1) is 13.2. The number of ether oxygens (including phenoxy) is 1. The van der Waals surface area contributed by atoms with E-state index in [4.69, 9.17) is 4.74 Å². The molecule has 0 heterocycles. The van der Waals surface area contributed by atoms with Crippen LogP contribution in [0.15, 0.2) is 28.7 Å². The van der Waals surface area contributed by atoms with E-state index in [1.54, 1.807) is 0 Å². The van der Waals surface area contributed by atoms with Gasteiger partial charge in [-0.15, -0.1) is 0 Å². The molecule has 0 aliphatic rings. The second-order valence-corrected chi connectivity index (χ2v) is 4.95. The Balaban J connectivity index is 2.53. The molecule has 0 bridgehead atoms. The van der Waals surface area contributed by atoms with Crippen LogP contribution >= 0.6 is 31.9 Å². The molecule has 84 valence electrons. The van der Waals surface area contributed by atoms with Crippen LogP contribution < -0.4 is 0 Å². The third-order valence-electron chi connectivity index (χ3n) is 2.34. The molecule has 0 fully saturated rings. The van der Waals surface area contributed by atoms with Gasteiger partial charge in [0.15, 0.2) is 0 Å². The van der Waals surface area contributed by atoms with E-state index >= 15 is 0 Å². The molecule has 0 aromatic heterocycles. The van der Waals surface area contributed by atoms with Gasteiger partial charge in [-0.2, -0.15) is 0 Å². The molecule has 0 saturated carbocycles. The summed E-state index contributed by atoms with van der Waals surface area (Å²) >= 11 is 7.00. The van der Waals surface area contributed by atoms with Crippen LogP contribution in [-0.2, 0) is 4.74 Å². The van der Waals surface area contributed by atoms with Crippen molar-refractivity contribution in [1.29, 1.82) is 0 Å². The van der Waals surface area contributed by atoms with Gasteiger partial charge in [-0.3, -0.25) is 0 Å². The molecule has 1 rings (SSSR count). The summed E-state index contributed by atoms with van der Waals surface area (Å²) < 4.78 is 6.51. The van der Waals surface area contributed by atoms with E-state index in [2.05, 4.69) is 56.1 Å². The van der Waals surface area contributed by atoms with Crippen molar-refractivity contribution < 1.29 is 4.74 Å². The van der Waals surface area contributed by atoms with E-state index in [0.29, 0.717) is 5.92 Å². The zero-order valence-corrected chi connectivity index (χ0v) is 12.1. The highest BCUT2D eigenvalue weighted by Crippen LogP contribution is 2.23. The minimum absolute atomic E-state index is 0.546. The molecule has 0 amide bonds. The molecule has 0 spiro atoms. The fraction of sp³-hybridized carbons (Fsp3) is 0.500. The van der Waals surface area contributed by atoms with Gasteiger partial charge in [-0.05, 0) is 37.0 Å². The Morgan fingerprint density at radius 3 is 2.47 bits per heavy atom. The predicted molar refractivity (Wildman–Crippen MR) is 71.8 cm³/mol. The first-order valence-electron chi connectivity index (χ1n) is 5.17. The van der Waals surface area contributed by atoms with Gasteiger partial charge in [0.25, 0.3) is 0 Å². The monoisotopic (exact) mass is 334 g/mol. The van der Waals surface area contributed by atoms with Crippen LogP contribution in [-0.4, -0.2) is 18.5 Å². The van der Waals surface area contributed by atoms with Crippen molar-refractivity contribution in [3.8, 4) is 0 Å². The number of hydrogen-bond donors (Lipinski definition) is 0. The SMILES string of the molecule is CCOCCC(CBr)c1ccc(Br)cc1. The first-order valence-corrected chi connectivity index (χ1v) is 7.08. The van der Waals surface area contributed by atoms with E-state index in [-0.39, 0.29) is 0 Å². The average Bonchev–Trinajstić information content (AvgIpc) is 2.26. The smallest absolute Gasteiger partial charge is 0.0472 e. The maximum atomic E-state index is 5.38. The maximum absolute atomic E-state index is 5.38. The van der Waals surface area contributed by atoms with Gasteiger partial charge in [0.05, 0.1) is 0 Å². The zero-order chi connectivity index (χ0) is 11.1. The molecule has 1 nitrogen and oxygen atoms in total. The van der Waals surface area contributed by atoms with Gasteiger partial charge >= 0.3 is 0 Å². The molecular weight excluding hydrogens is 320 g/mol. The summed E-state index contributed by atoms with van der Waals surface area (Å²) in [5.74, 6) is 0.546. The van der Waals surface area contributed by atoms with Crippen molar-refractivity contribution in [2.45, 2.75) is 19.3 Å². The summed E-state index contributed by atoms with van der Waals surface area (Å²) in [7, 11) is 0. The Hall–Kier alpha value is 0.140. The highest BCUT2D eigenvalue weighted by Gasteiger charge is 2.09. The van der Waals surface area contributed by atoms with E-state index in [9.17, 15) is 0 Å². The normalized spacial score (nSPS) is 12.7. The average molecular weight is 336 g/mol. The molecule has 1 unspecified atom stereocenters. The molecular formula is C12H16Br2O. The van der Waals surface area contributed by atoms with Gasteiger partial charge < -0.3 is 4.74 Å². The Bertz CT molecular complexity index is 271. The maximum Gasteiger partial charge on any atom is 0.0472 e. The van der Waals surface area contributed by atoms with Crippen molar-refractivity contribution >= 4 is 31.9 Å². The van der Waals surface area contributed by atoms with Crippen LogP contribution in [0.2, 0.25) is 0 Å². The van der Waals surface area contributed by atoms with E-state index in [1.165, 1.54) is 5.56 Å². The van der Waals surface area contributed by atoms with Crippen LogP contribution in [0.3, 0.4) is 0 Å². The number of benzene rings is 1. The molecule has 0 saturated heterocycles. The van der Waals surface area contributed by atoms with Gasteiger partial charge in [0.2, 0.25) is 0 Å². The Morgan fingerprint density at radius 2 is 1.93 bits per heavy atom. The summed E-state index contributed by atoms with van der Waals surface area (Å²) in [6.45, 7) is 3.67. The highest BCUT2D eigenvalue weighted by molar-refractivity contribution is 9.10. The van der Waals surface area contributed by atoms with Crippen molar-refractivity contribution in [3.63, 3.8) is 0 Å². The van der Waals surface area contributed by atoms with Crippen LogP contribution in [0.1, 0.15) is 24.8 Å². The number of hydrogen-bond acceptors (Lipinski definition) is 1. The third kappa shape index (κ3) is 4.66. The standard InChI is InChI=1S/C12H16Br2O/c1-2-15-8-7-11(9-13)10-3-5-12(14)6-4-10/h3-6,11H,2,7-9H2,1H3. The van der Waals surface area contributed by atoms with E-state index < -0.39 is 0 Å². The second-order valence-electron chi connectivity index (χ2n) is 3.39. The molecule has 0 aliphatic heterocycles. The zero-order valence-electron chi connectivity index (χ0n) is 8.88. The molecule has 1 aromatic rings. The molecule has 1 atom stereocenters. The topological polar surface area (TPSA) is 9.23 Å². The summed E-state index contributed by atoms with van der Waals surface area (Å²) in [6.07, 6.45) is 1.07. The number of halogens is 2. The number of alkyl halides is 1. The van der Waals surface area contributed by atoms with Crippen LogP contribution in [0.4, 0.5) is 0 Å². The van der Waals surface area contributed by atoms with Crippen LogP contribution in [0, 0.1) is 0 Å². The quantitative estimate of drug-likeness (QED) is 0.554. The molecule has 0 radical (unpaired) electrons. The largest absolute Gasteiger partial charge is 0.382 e.